The van der Waals surface area contributed by atoms with E-state index in [0.29, 0.717) is 6.07 Å². The molecule has 0 aliphatic carbocycles. The molecule has 0 aliphatic heterocycles. The van der Waals surface area contributed by atoms with Crippen molar-refractivity contribution < 1.29 is 65.4 Å². The standard InChI is InChI=1S/C24H20F2N8O13S4/c25-22-11-23(30-24(26)29-22)28-12-1-4-20(49(38,39)40)18(7-12)34-32-16-10-17(19(35)9-14(16)27)33-31-15-3-2-13(8-21(15)50(41,42)43)48(36,37)6-5-47-51(44,45)46/h1-4,7-11,35H,5-6,27H2,(H,28,29,30)(H,38,39,40)(H,41,42,43)(H,44,45,46). The number of hydrogen-bond donors (Lipinski definition) is 6. The number of aromatic nitrogens is 2. The van der Waals surface area contributed by atoms with Gasteiger partial charge in [-0.25, -0.2) is 12.6 Å². The lowest BCUT2D eigenvalue weighted by Gasteiger charge is -2.09. The Morgan fingerprint density at radius 3 is 1.98 bits per heavy atom. The second kappa shape index (κ2) is 14.6. The van der Waals surface area contributed by atoms with Gasteiger partial charge in [0.1, 0.15) is 44.1 Å². The summed E-state index contributed by atoms with van der Waals surface area (Å²) in [4.78, 5) is 3.57. The molecule has 0 aliphatic rings. The second-order valence-corrected chi connectivity index (χ2v) is 15.6. The Morgan fingerprint density at radius 1 is 0.725 bits per heavy atom. The summed E-state index contributed by atoms with van der Waals surface area (Å²) in [6, 6.07) is 7.58. The molecule has 0 amide bonds. The third kappa shape index (κ3) is 10.4. The van der Waals surface area contributed by atoms with Gasteiger partial charge < -0.3 is 16.2 Å². The van der Waals surface area contributed by atoms with E-state index in [9.17, 15) is 56.7 Å². The van der Waals surface area contributed by atoms with Crippen LogP contribution in [0.2, 0.25) is 0 Å². The zero-order valence-corrected chi connectivity index (χ0v) is 28.0. The number of phenolic OH excluding ortho intramolecular Hbond substituents is 1. The molecule has 272 valence electrons. The minimum absolute atomic E-state index is 0.0399. The zero-order chi connectivity index (χ0) is 37.9. The summed E-state index contributed by atoms with van der Waals surface area (Å²) >= 11 is 0. The predicted octanol–water partition coefficient (Wildman–Crippen LogP) is 3.70. The van der Waals surface area contributed by atoms with Crippen molar-refractivity contribution in [1.29, 1.82) is 0 Å². The molecule has 0 atom stereocenters. The van der Waals surface area contributed by atoms with Crippen LogP contribution >= 0.6 is 0 Å². The zero-order valence-electron chi connectivity index (χ0n) is 24.7. The minimum Gasteiger partial charge on any atom is -0.506 e. The maximum absolute atomic E-state index is 13.5. The SMILES string of the molecule is Nc1cc(O)c(N=Nc2ccc(S(=O)(=O)CCOS(=O)(=O)O)cc2S(=O)(=O)O)cc1N=Nc1cc(Nc2cc(F)nc(F)n2)ccc1S(=O)(=O)O. The quantitative estimate of drug-likeness (QED) is 0.0369. The molecule has 0 bridgehead atoms. The molecule has 3 aromatic carbocycles. The van der Waals surface area contributed by atoms with Gasteiger partial charge in [0.05, 0.1) is 22.9 Å². The monoisotopic (exact) mass is 794 g/mol. The molecule has 27 heteroatoms. The number of aromatic hydroxyl groups is 1. The van der Waals surface area contributed by atoms with Crippen LogP contribution in [0.4, 0.5) is 48.7 Å². The first kappa shape index (κ1) is 38.6. The van der Waals surface area contributed by atoms with Gasteiger partial charge in [-0.1, -0.05) is 0 Å². The highest BCUT2D eigenvalue weighted by Crippen LogP contribution is 2.39. The van der Waals surface area contributed by atoms with Crippen molar-refractivity contribution in [3.8, 4) is 5.75 Å². The molecule has 1 aromatic heterocycles. The topological polar surface area (TPSA) is 340 Å². The summed E-state index contributed by atoms with van der Waals surface area (Å²) < 4.78 is 153. The highest BCUT2D eigenvalue weighted by Gasteiger charge is 2.23. The summed E-state index contributed by atoms with van der Waals surface area (Å²) in [6.07, 6.45) is -1.41. The first-order valence-corrected chi connectivity index (χ1v) is 18.9. The Kier molecular flexibility index (Phi) is 11.1. The van der Waals surface area contributed by atoms with Gasteiger partial charge >= 0.3 is 16.5 Å². The number of nitrogens with one attached hydrogen (secondary N) is 1. The summed E-state index contributed by atoms with van der Waals surface area (Å²) in [5, 5.41) is 27.7. The number of nitrogens with two attached hydrogens (primary N) is 1. The van der Waals surface area contributed by atoms with Crippen LogP contribution in [0.15, 0.2) is 89.7 Å². The maximum Gasteiger partial charge on any atom is 0.397 e. The van der Waals surface area contributed by atoms with Crippen LogP contribution in [0.5, 0.6) is 5.75 Å². The van der Waals surface area contributed by atoms with E-state index in [-0.39, 0.29) is 22.9 Å². The number of azo groups is 2. The molecule has 0 fully saturated rings. The number of hydrogen-bond acceptors (Lipinski definition) is 18. The first-order valence-electron chi connectivity index (χ1n) is 13.0. The lowest BCUT2D eigenvalue weighted by molar-refractivity contribution is 0.284. The second-order valence-electron chi connectivity index (χ2n) is 9.60. The van der Waals surface area contributed by atoms with Crippen molar-refractivity contribution >= 4 is 80.4 Å². The maximum atomic E-state index is 13.5. The molecule has 0 unspecified atom stereocenters. The van der Waals surface area contributed by atoms with E-state index in [2.05, 4.69) is 39.9 Å². The molecule has 21 nitrogen and oxygen atoms in total. The molecule has 1 heterocycles. The molecular weight excluding hydrogens is 775 g/mol. The average molecular weight is 795 g/mol. The Hall–Kier alpha value is -5.16. The van der Waals surface area contributed by atoms with Crippen LogP contribution in [0.25, 0.3) is 0 Å². The van der Waals surface area contributed by atoms with E-state index >= 15 is 0 Å². The number of nitrogens with zero attached hydrogens (tertiary/aromatic N) is 6. The van der Waals surface area contributed by atoms with E-state index in [1.165, 1.54) is 0 Å². The highest BCUT2D eigenvalue weighted by molar-refractivity contribution is 7.91. The van der Waals surface area contributed by atoms with E-state index < -0.39 is 102 Å². The number of phenols is 1. The Bertz CT molecular complexity index is 2520. The number of nitrogen functional groups attached to an aromatic ring is 1. The van der Waals surface area contributed by atoms with Crippen molar-refractivity contribution in [2.24, 2.45) is 20.5 Å². The van der Waals surface area contributed by atoms with Crippen LogP contribution < -0.4 is 11.1 Å². The predicted molar refractivity (Wildman–Crippen MR) is 168 cm³/mol. The third-order valence-corrected chi connectivity index (χ3v) is 9.91. The van der Waals surface area contributed by atoms with Gasteiger partial charge in [-0.3, -0.25) is 13.7 Å². The van der Waals surface area contributed by atoms with Crippen LogP contribution in [-0.4, -0.2) is 74.8 Å². The van der Waals surface area contributed by atoms with E-state index in [0.717, 1.165) is 48.5 Å². The van der Waals surface area contributed by atoms with E-state index in [4.69, 9.17) is 10.3 Å². The van der Waals surface area contributed by atoms with Crippen LogP contribution in [0.1, 0.15) is 0 Å². The lowest BCUT2D eigenvalue weighted by Crippen LogP contribution is -2.16. The lowest BCUT2D eigenvalue weighted by atomic mass is 10.2. The van der Waals surface area contributed by atoms with Gasteiger partial charge in [0.15, 0.2) is 9.84 Å². The van der Waals surface area contributed by atoms with E-state index in [1.807, 2.05) is 0 Å². The summed E-state index contributed by atoms with van der Waals surface area (Å²) in [5.74, 6) is -3.31. The Balaban J connectivity index is 1.69. The fraction of sp³-hybridized carbons (Fsp3) is 0.0833. The minimum atomic E-state index is -5.19. The van der Waals surface area contributed by atoms with E-state index in [1.54, 1.807) is 0 Å². The Labute approximate surface area is 286 Å². The first-order chi connectivity index (χ1) is 23.5. The molecule has 4 rings (SSSR count). The molecule has 4 aromatic rings. The molecule has 0 radical (unpaired) electrons. The van der Waals surface area contributed by atoms with Crippen molar-refractivity contribution in [2.45, 2.75) is 14.7 Å². The van der Waals surface area contributed by atoms with Gasteiger partial charge in [-0.15, -0.1) is 20.5 Å². The normalized spacial score (nSPS) is 12.9. The van der Waals surface area contributed by atoms with Gasteiger partial charge in [-0.2, -0.15) is 44.0 Å². The molecule has 7 N–H and O–H groups in total. The van der Waals surface area contributed by atoms with Gasteiger partial charge in [0.25, 0.3) is 20.2 Å². The Morgan fingerprint density at radius 2 is 1.35 bits per heavy atom. The van der Waals surface area contributed by atoms with Crippen LogP contribution in [-0.2, 0) is 44.7 Å². The summed E-state index contributed by atoms with van der Waals surface area (Å²) in [6.45, 7) is -1.04. The van der Waals surface area contributed by atoms with Crippen LogP contribution in [0.3, 0.4) is 0 Å². The number of halogens is 2. The number of benzene rings is 3. The smallest absolute Gasteiger partial charge is 0.397 e. The van der Waals surface area contributed by atoms with Gasteiger partial charge in [0.2, 0.25) is 5.95 Å². The molecule has 0 saturated heterocycles. The number of rotatable bonds is 13. The molecule has 51 heavy (non-hydrogen) atoms. The van der Waals surface area contributed by atoms with Crippen molar-refractivity contribution in [3.63, 3.8) is 0 Å². The largest absolute Gasteiger partial charge is 0.506 e. The van der Waals surface area contributed by atoms with Crippen molar-refractivity contribution in [2.75, 3.05) is 23.4 Å². The molecule has 0 spiro atoms. The van der Waals surface area contributed by atoms with Gasteiger partial charge in [0, 0.05) is 17.8 Å². The summed E-state index contributed by atoms with van der Waals surface area (Å²) in [7, 11) is -19.5. The van der Waals surface area contributed by atoms with Crippen LogP contribution in [0, 0.1) is 12.0 Å². The van der Waals surface area contributed by atoms with Crippen molar-refractivity contribution in [1.82, 2.24) is 9.97 Å². The average Bonchev–Trinajstić information content (AvgIpc) is 2.98. The fourth-order valence-electron chi connectivity index (χ4n) is 3.80. The molecular formula is C24H20F2N8O13S4. The number of anilines is 3. The molecule has 0 saturated carbocycles. The highest BCUT2D eigenvalue weighted by atomic mass is 32.3. The van der Waals surface area contributed by atoms with Crippen molar-refractivity contribution in [3.05, 3.63) is 66.6 Å². The number of sulfone groups is 1. The third-order valence-electron chi connectivity index (χ3n) is 5.98. The summed E-state index contributed by atoms with van der Waals surface area (Å²) in [5.41, 5.74) is 3.56. The fourth-order valence-corrected chi connectivity index (χ4v) is 6.64. The van der Waals surface area contributed by atoms with Gasteiger partial charge in [-0.05, 0) is 42.5 Å².